The van der Waals surface area contributed by atoms with E-state index < -0.39 is 0 Å². The second-order valence-corrected chi connectivity index (χ2v) is 8.27. The molecule has 1 amide bonds. The quantitative estimate of drug-likeness (QED) is 0.911. The molecule has 4 saturated carbocycles. The Morgan fingerprint density at radius 3 is 2.48 bits per heavy atom. The summed E-state index contributed by atoms with van der Waals surface area (Å²) in [6.07, 6.45) is 6.60. The fourth-order valence-corrected chi connectivity index (χ4v) is 5.95. The molecule has 0 atom stereocenters. The molecular formula is C21H25NO3. The Labute approximate surface area is 147 Å². The van der Waals surface area contributed by atoms with Gasteiger partial charge in [0.05, 0.1) is 6.61 Å². The van der Waals surface area contributed by atoms with Gasteiger partial charge in [-0.2, -0.15) is 0 Å². The van der Waals surface area contributed by atoms with Crippen LogP contribution in [0, 0.1) is 23.7 Å². The van der Waals surface area contributed by atoms with Crippen molar-refractivity contribution in [2.75, 3.05) is 7.11 Å². The monoisotopic (exact) mass is 339 g/mol. The number of amides is 1. The number of furan rings is 1. The van der Waals surface area contributed by atoms with Crippen LogP contribution in [0.4, 0.5) is 0 Å². The van der Waals surface area contributed by atoms with E-state index in [1.165, 1.54) is 32.1 Å². The number of para-hydroxylation sites is 1. The first-order valence-electron chi connectivity index (χ1n) is 9.53. The van der Waals surface area contributed by atoms with E-state index in [0.29, 0.717) is 30.2 Å². The second kappa shape index (κ2) is 5.87. The molecule has 0 aliphatic heterocycles. The first-order valence-corrected chi connectivity index (χ1v) is 9.53. The number of hydrogen-bond donors (Lipinski definition) is 1. The van der Waals surface area contributed by atoms with E-state index in [1.54, 1.807) is 7.11 Å². The Morgan fingerprint density at radius 1 is 1.12 bits per heavy atom. The van der Waals surface area contributed by atoms with Crippen LogP contribution >= 0.6 is 0 Å². The zero-order valence-corrected chi connectivity index (χ0v) is 14.7. The molecule has 2 aromatic rings. The number of ether oxygens (including phenoxy) is 1. The van der Waals surface area contributed by atoms with Gasteiger partial charge < -0.3 is 14.5 Å². The van der Waals surface area contributed by atoms with Gasteiger partial charge >= 0.3 is 0 Å². The number of benzene rings is 1. The molecule has 4 bridgehead atoms. The average molecular weight is 339 g/mol. The topological polar surface area (TPSA) is 51.5 Å². The molecule has 1 N–H and O–H groups in total. The Bertz CT molecular complexity index is 781. The first kappa shape index (κ1) is 15.4. The van der Waals surface area contributed by atoms with E-state index in [9.17, 15) is 4.79 Å². The summed E-state index contributed by atoms with van der Waals surface area (Å²) < 4.78 is 11.2. The maximum Gasteiger partial charge on any atom is 0.287 e. The lowest BCUT2D eigenvalue weighted by atomic mass is 9.54. The third-order valence-corrected chi connectivity index (χ3v) is 6.72. The van der Waals surface area contributed by atoms with Gasteiger partial charge in [0.15, 0.2) is 5.76 Å². The smallest absolute Gasteiger partial charge is 0.287 e. The molecular weight excluding hydrogens is 314 g/mol. The van der Waals surface area contributed by atoms with Crippen LogP contribution in [0.15, 0.2) is 28.7 Å². The van der Waals surface area contributed by atoms with Crippen molar-refractivity contribution in [3.8, 4) is 0 Å². The van der Waals surface area contributed by atoms with E-state index in [-0.39, 0.29) is 5.91 Å². The van der Waals surface area contributed by atoms with Crippen molar-refractivity contribution in [1.82, 2.24) is 5.32 Å². The van der Waals surface area contributed by atoms with Crippen molar-refractivity contribution in [3.05, 3.63) is 35.6 Å². The highest BCUT2D eigenvalue weighted by Crippen LogP contribution is 2.53. The summed E-state index contributed by atoms with van der Waals surface area (Å²) in [5, 5.41) is 4.32. The van der Waals surface area contributed by atoms with E-state index in [1.807, 2.05) is 24.3 Å². The van der Waals surface area contributed by atoms with Gasteiger partial charge in [-0.25, -0.2) is 0 Å². The van der Waals surface area contributed by atoms with Crippen LogP contribution in [-0.4, -0.2) is 19.1 Å². The van der Waals surface area contributed by atoms with Crippen molar-refractivity contribution in [1.29, 1.82) is 0 Å². The first-order chi connectivity index (χ1) is 12.2. The van der Waals surface area contributed by atoms with Crippen LogP contribution in [0.3, 0.4) is 0 Å². The van der Waals surface area contributed by atoms with Crippen LogP contribution in [0.5, 0.6) is 0 Å². The standard InChI is InChI=1S/C21H25NO3/c1-24-11-17-16-4-2-3-5-18(16)25-20(17)21(23)22-19-14-7-12-6-13(9-14)10-15(19)8-12/h2-5,12-15,19H,6-11H2,1H3,(H,22,23). The van der Waals surface area contributed by atoms with Crippen LogP contribution in [-0.2, 0) is 11.3 Å². The molecule has 1 heterocycles. The summed E-state index contributed by atoms with van der Waals surface area (Å²) in [6.45, 7) is 0.390. The number of carbonyl (C=O) groups is 1. The Kier molecular flexibility index (Phi) is 3.63. The van der Waals surface area contributed by atoms with Gasteiger partial charge in [-0.05, 0) is 61.8 Å². The van der Waals surface area contributed by atoms with E-state index >= 15 is 0 Å². The maximum absolute atomic E-state index is 13.0. The van der Waals surface area contributed by atoms with Gasteiger partial charge in [0, 0.05) is 24.1 Å². The molecule has 4 nitrogen and oxygen atoms in total. The molecule has 4 aliphatic rings. The van der Waals surface area contributed by atoms with E-state index in [2.05, 4.69) is 5.32 Å². The minimum atomic E-state index is -0.0688. The van der Waals surface area contributed by atoms with Gasteiger partial charge in [-0.1, -0.05) is 18.2 Å². The summed E-state index contributed by atoms with van der Waals surface area (Å²) >= 11 is 0. The predicted octanol–water partition coefficient (Wildman–Crippen LogP) is 4.13. The summed E-state index contributed by atoms with van der Waals surface area (Å²) in [7, 11) is 1.65. The van der Waals surface area contributed by atoms with Crippen molar-refractivity contribution in [2.24, 2.45) is 23.7 Å². The summed E-state index contributed by atoms with van der Waals surface area (Å²) in [5.41, 5.74) is 1.61. The largest absolute Gasteiger partial charge is 0.451 e. The van der Waals surface area contributed by atoms with Gasteiger partial charge in [0.2, 0.25) is 0 Å². The number of carbonyl (C=O) groups excluding carboxylic acids is 1. The third kappa shape index (κ3) is 2.50. The molecule has 6 rings (SSSR count). The summed E-state index contributed by atoms with van der Waals surface area (Å²) in [4.78, 5) is 13.0. The number of methoxy groups -OCH3 is 1. The highest BCUT2D eigenvalue weighted by Gasteiger charge is 2.48. The van der Waals surface area contributed by atoms with Crippen molar-refractivity contribution in [3.63, 3.8) is 0 Å². The minimum Gasteiger partial charge on any atom is -0.451 e. The van der Waals surface area contributed by atoms with Crippen LogP contribution in [0.1, 0.15) is 48.2 Å². The van der Waals surface area contributed by atoms with Crippen molar-refractivity contribution in [2.45, 2.75) is 44.8 Å². The highest BCUT2D eigenvalue weighted by molar-refractivity contribution is 5.99. The lowest BCUT2D eigenvalue weighted by Crippen LogP contribution is -2.55. The second-order valence-electron chi connectivity index (χ2n) is 8.27. The zero-order valence-electron chi connectivity index (χ0n) is 14.7. The SMILES string of the molecule is COCc1c(C(=O)NC2C3CC4CC(C3)CC2C4)oc2ccccc12. The molecule has 4 aliphatic carbocycles. The molecule has 1 aromatic heterocycles. The van der Waals surface area contributed by atoms with E-state index in [0.717, 1.165) is 28.4 Å². The van der Waals surface area contributed by atoms with Gasteiger partial charge in [0.1, 0.15) is 5.58 Å². The Balaban J connectivity index is 1.43. The Morgan fingerprint density at radius 2 is 1.80 bits per heavy atom. The van der Waals surface area contributed by atoms with Crippen LogP contribution in [0.2, 0.25) is 0 Å². The van der Waals surface area contributed by atoms with Gasteiger partial charge in [0.25, 0.3) is 5.91 Å². The lowest BCUT2D eigenvalue weighted by molar-refractivity contribution is -0.0123. The molecule has 0 unspecified atom stereocenters. The fourth-order valence-electron chi connectivity index (χ4n) is 5.95. The molecule has 132 valence electrons. The molecule has 1 aromatic carbocycles. The third-order valence-electron chi connectivity index (χ3n) is 6.72. The van der Waals surface area contributed by atoms with Crippen molar-refractivity contribution < 1.29 is 13.9 Å². The minimum absolute atomic E-state index is 0.0688. The summed E-state index contributed by atoms with van der Waals surface area (Å²) in [5.74, 6) is 3.50. The number of hydrogen-bond acceptors (Lipinski definition) is 3. The normalized spacial score (nSPS) is 33.1. The molecule has 4 heteroatoms. The molecule has 25 heavy (non-hydrogen) atoms. The van der Waals surface area contributed by atoms with Gasteiger partial charge in [-0.3, -0.25) is 4.79 Å². The van der Waals surface area contributed by atoms with Crippen molar-refractivity contribution >= 4 is 16.9 Å². The van der Waals surface area contributed by atoms with Gasteiger partial charge in [-0.15, -0.1) is 0 Å². The maximum atomic E-state index is 13.0. The average Bonchev–Trinajstić information content (AvgIpc) is 2.97. The number of nitrogens with one attached hydrogen (secondary N) is 1. The fraction of sp³-hybridized carbons (Fsp3) is 0.571. The van der Waals surface area contributed by atoms with E-state index in [4.69, 9.17) is 9.15 Å². The number of rotatable bonds is 4. The molecule has 0 saturated heterocycles. The molecule has 0 radical (unpaired) electrons. The number of fused-ring (bicyclic) bond motifs is 1. The highest BCUT2D eigenvalue weighted by atomic mass is 16.5. The predicted molar refractivity (Wildman–Crippen MR) is 95.2 cm³/mol. The Hall–Kier alpha value is -1.81. The molecule has 0 spiro atoms. The molecule has 4 fully saturated rings. The lowest BCUT2D eigenvalue weighted by Gasteiger charge is -2.54. The van der Waals surface area contributed by atoms with Crippen LogP contribution in [0.25, 0.3) is 11.0 Å². The zero-order chi connectivity index (χ0) is 17.0. The summed E-state index contributed by atoms with van der Waals surface area (Å²) in [6, 6.07) is 8.13. The van der Waals surface area contributed by atoms with Crippen LogP contribution < -0.4 is 5.32 Å².